The van der Waals surface area contributed by atoms with Crippen molar-refractivity contribution < 1.29 is 0 Å². The molecule has 0 bridgehead atoms. The number of nitrogens with one attached hydrogen (secondary N) is 1. The van der Waals surface area contributed by atoms with Crippen LogP contribution in [-0.4, -0.2) is 17.0 Å². The van der Waals surface area contributed by atoms with Crippen LogP contribution < -0.4 is 5.32 Å². The molecular formula is C15H17Br2N3. The summed E-state index contributed by atoms with van der Waals surface area (Å²) in [6, 6.07) is 6.16. The Morgan fingerprint density at radius 2 is 1.95 bits per heavy atom. The normalized spacial score (nSPS) is 10.7. The fourth-order valence-corrected chi connectivity index (χ4v) is 3.11. The molecule has 0 fully saturated rings. The fourth-order valence-electron chi connectivity index (χ4n) is 2.06. The van der Waals surface area contributed by atoms with Gasteiger partial charge in [0, 0.05) is 17.1 Å². The molecule has 0 spiro atoms. The highest BCUT2D eigenvalue weighted by atomic mass is 79.9. The Labute approximate surface area is 136 Å². The van der Waals surface area contributed by atoms with Crippen LogP contribution in [0.2, 0.25) is 0 Å². The Morgan fingerprint density at radius 1 is 1.20 bits per heavy atom. The number of aryl methyl sites for hydroxylation is 2. The first-order chi connectivity index (χ1) is 9.56. The summed E-state index contributed by atoms with van der Waals surface area (Å²) in [5.41, 5.74) is 3.27. The van der Waals surface area contributed by atoms with Gasteiger partial charge in [0.25, 0.3) is 0 Å². The third-order valence-corrected chi connectivity index (χ3v) is 4.40. The van der Waals surface area contributed by atoms with Crippen molar-refractivity contribution in [2.75, 3.05) is 12.4 Å². The Kier molecular flexibility index (Phi) is 5.16. The van der Waals surface area contributed by atoms with E-state index in [1.54, 1.807) is 0 Å². The van der Waals surface area contributed by atoms with Gasteiger partial charge in [-0.2, -0.15) is 0 Å². The third kappa shape index (κ3) is 3.20. The molecule has 0 aliphatic rings. The number of benzene rings is 1. The molecule has 1 N–H and O–H groups in total. The van der Waals surface area contributed by atoms with Crippen molar-refractivity contribution in [3.05, 3.63) is 38.4 Å². The Balaban J connectivity index is 2.58. The summed E-state index contributed by atoms with van der Waals surface area (Å²) in [5.74, 6) is 1.60. The summed E-state index contributed by atoms with van der Waals surface area (Å²) >= 11 is 7.07. The number of hydrogen-bond acceptors (Lipinski definition) is 3. The fraction of sp³-hybridized carbons (Fsp3) is 0.333. The number of hydrogen-bond donors (Lipinski definition) is 1. The van der Waals surface area contributed by atoms with E-state index >= 15 is 0 Å². The summed E-state index contributed by atoms with van der Waals surface area (Å²) < 4.78 is 2.03. The SMILES string of the molecule is CCCc1nc(-c2ccc(Br)cc2C)nc(NC)c1Br. The smallest absolute Gasteiger partial charge is 0.162 e. The summed E-state index contributed by atoms with van der Waals surface area (Å²) in [5, 5.41) is 3.13. The lowest BCUT2D eigenvalue weighted by atomic mass is 10.1. The molecule has 2 rings (SSSR count). The van der Waals surface area contributed by atoms with Crippen LogP contribution in [0.4, 0.5) is 5.82 Å². The summed E-state index contributed by atoms with van der Waals surface area (Å²) in [7, 11) is 1.88. The lowest BCUT2D eigenvalue weighted by molar-refractivity contribution is 0.868. The molecule has 0 aliphatic carbocycles. The third-order valence-electron chi connectivity index (χ3n) is 3.07. The zero-order valence-corrected chi connectivity index (χ0v) is 15.0. The van der Waals surface area contributed by atoms with E-state index in [0.29, 0.717) is 0 Å². The van der Waals surface area contributed by atoms with Gasteiger partial charge in [0.2, 0.25) is 0 Å². The summed E-state index contributed by atoms with van der Waals surface area (Å²) in [4.78, 5) is 9.33. The van der Waals surface area contributed by atoms with Crippen molar-refractivity contribution in [3.63, 3.8) is 0 Å². The van der Waals surface area contributed by atoms with Crippen LogP contribution in [0.3, 0.4) is 0 Å². The molecule has 0 saturated heterocycles. The largest absolute Gasteiger partial charge is 0.372 e. The summed E-state index contributed by atoms with van der Waals surface area (Å²) in [6.45, 7) is 4.22. The molecule has 0 saturated carbocycles. The molecule has 2 aromatic rings. The molecule has 106 valence electrons. The van der Waals surface area contributed by atoms with Gasteiger partial charge in [0.15, 0.2) is 5.82 Å². The first-order valence-corrected chi connectivity index (χ1v) is 8.16. The molecule has 1 aromatic heterocycles. The molecule has 1 aromatic carbocycles. The second-order valence-corrected chi connectivity index (χ2v) is 6.32. The predicted molar refractivity (Wildman–Crippen MR) is 91.1 cm³/mol. The van der Waals surface area contributed by atoms with E-state index in [1.165, 1.54) is 0 Å². The van der Waals surface area contributed by atoms with E-state index in [0.717, 1.165) is 50.3 Å². The molecule has 0 unspecified atom stereocenters. The molecule has 5 heteroatoms. The van der Waals surface area contributed by atoms with Gasteiger partial charge in [-0.1, -0.05) is 29.3 Å². The molecular weight excluding hydrogens is 382 g/mol. The van der Waals surface area contributed by atoms with Crippen molar-refractivity contribution >= 4 is 37.7 Å². The van der Waals surface area contributed by atoms with E-state index in [2.05, 4.69) is 68.1 Å². The van der Waals surface area contributed by atoms with Gasteiger partial charge in [-0.05, 0) is 53.0 Å². The monoisotopic (exact) mass is 397 g/mol. The van der Waals surface area contributed by atoms with Crippen molar-refractivity contribution in [1.29, 1.82) is 0 Å². The Morgan fingerprint density at radius 3 is 2.55 bits per heavy atom. The highest BCUT2D eigenvalue weighted by Gasteiger charge is 2.13. The minimum Gasteiger partial charge on any atom is -0.372 e. The van der Waals surface area contributed by atoms with Crippen LogP contribution in [0.15, 0.2) is 27.1 Å². The average molecular weight is 399 g/mol. The molecule has 0 aliphatic heterocycles. The molecule has 0 atom stereocenters. The standard InChI is InChI=1S/C15H17Br2N3/c1-4-5-12-13(17)15(18-3)20-14(19-12)11-7-6-10(16)8-9(11)2/h6-8H,4-5H2,1-3H3,(H,18,19,20). The van der Waals surface area contributed by atoms with Gasteiger partial charge in [-0.3, -0.25) is 0 Å². The van der Waals surface area contributed by atoms with Gasteiger partial charge in [-0.15, -0.1) is 0 Å². The van der Waals surface area contributed by atoms with Crippen molar-refractivity contribution in [3.8, 4) is 11.4 Å². The summed E-state index contributed by atoms with van der Waals surface area (Å²) in [6.07, 6.45) is 1.98. The number of aromatic nitrogens is 2. The number of halogens is 2. The predicted octanol–water partition coefficient (Wildman–Crippen LogP) is 4.97. The minimum atomic E-state index is 0.769. The second-order valence-electron chi connectivity index (χ2n) is 4.62. The van der Waals surface area contributed by atoms with Crippen molar-refractivity contribution in [2.45, 2.75) is 26.7 Å². The van der Waals surface area contributed by atoms with Crippen LogP contribution in [-0.2, 0) is 6.42 Å². The van der Waals surface area contributed by atoms with Crippen LogP contribution in [0.1, 0.15) is 24.6 Å². The van der Waals surface area contributed by atoms with Gasteiger partial charge in [0.05, 0.1) is 10.2 Å². The number of anilines is 1. The first kappa shape index (κ1) is 15.4. The molecule has 0 radical (unpaired) electrons. The van der Waals surface area contributed by atoms with Crippen molar-refractivity contribution in [2.24, 2.45) is 0 Å². The van der Waals surface area contributed by atoms with Crippen LogP contribution in [0.25, 0.3) is 11.4 Å². The topological polar surface area (TPSA) is 37.8 Å². The van der Waals surface area contributed by atoms with Gasteiger partial charge >= 0.3 is 0 Å². The number of rotatable bonds is 4. The lowest BCUT2D eigenvalue weighted by Crippen LogP contribution is -2.04. The van der Waals surface area contributed by atoms with E-state index in [-0.39, 0.29) is 0 Å². The maximum absolute atomic E-state index is 4.72. The van der Waals surface area contributed by atoms with E-state index < -0.39 is 0 Å². The van der Waals surface area contributed by atoms with Crippen molar-refractivity contribution in [1.82, 2.24) is 9.97 Å². The molecule has 0 amide bonds. The second kappa shape index (κ2) is 6.68. The number of nitrogens with zero attached hydrogens (tertiary/aromatic N) is 2. The maximum atomic E-state index is 4.72. The zero-order chi connectivity index (χ0) is 14.7. The van der Waals surface area contributed by atoms with Crippen LogP contribution in [0, 0.1) is 6.92 Å². The molecule has 1 heterocycles. The van der Waals surface area contributed by atoms with E-state index in [1.807, 2.05) is 13.1 Å². The quantitative estimate of drug-likeness (QED) is 0.789. The van der Waals surface area contributed by atoms with Gasteiger partial charge in [0.1, 0.15) is 5.82 Å². The lowest BCUT2D eigenvalue weighted by Gasteiger charge is -2.12. The van der Waals surface area contributed by atoms with E-state index in [9.17, 15) is 0 Å². The highest BCUT2D eigenvalue weighted by Crippen LogP contribution is 2.30. The maximum Gasteiger partial charge on any atom is 0.162 e. The van der Waals surface area contributed by atoms with Crippen LogP contribution in [0.5, 0.6) is 0 Å². The van der Waals surface area contributed by atoms with Crippen LogP contribution >= 0.6 is 31.9 Å². The highest BCUT2D eigenvalue weighted by molar-refractivity contribution is 9.11. The van der Waals surface area contributed by atoms with E-state index in [4.69, 9.17) is 4.98 Å². The minimum absolute atomic E-state index is 0.769. The zero-order valence-electron chi connectivity index (χ0n) is 11.8. The average Bonchev–Trinajstić information content (AvgIpc) is 2.41. The Bertz CT molecular complexity index is 627. The van der Waals surface area contributed by atoms with Gasteiger partial charge in [-0.25, -0.2) is 9.97 Å². The van der Waals surface area contributed by atoms with Gasteiger partial charge < -0.3 is 5.32 Å². The first-order valence-electron chi connectivity index (χ1n) is 6.57. The molecule has 3 nitrogen and oxygen atoms in total. The molecule has 20 heavy (non-hydrogen) atoms. The Hall–Kier alpha value is -0.940.